The number of aromatic nitrogens is 1. The Morgan fingerprint density at radius 3 is 1.77 bits per heavy atom. The van der Waals surface area contributed by atoms with Crippen LogP contribution in [0.2, 0.25) is 0 Å². The van der Waals surface area contributed by atoms with Gasteiger partial charge in [-0.2, -0.15) is 0 Å². The van der Waals surface area contributed by atoms with Crippen LogP contribution in [-0.2, 0) is 0 Å². The average molecular weight is 178 g/mol. The molecule has 0 bridgehead atoms. The minimum absolute atomic E-state index is 0.372. The molecule has 0 saturated heterocycles. The highest BCUT2D eigenvalue weighted by Gasteiger charge is 2.13. The molecule has 2 N–H and O–H groups in total. The molecule has 70 valence electrons. The van der Waals surface area contributed by atoms with E-state index in [0.29, 0.717) is 5.56 Å². The molecule has 0 aliphatic heterocycles. The number of carbonyl (C=O) groups is 1. The molecule has 3 nitrogen and oxygen atoms in total. The Hall–Kier alpha value is -1.38. The second-order valence-corrected chi connectivity index (χ2v) is 3.27. The van der Waals surface area contributed by atoms with Crippen molar-refractivity contribution in [2.45, 2.75) is 27.7 Å². The summed E-state index contributed by atoms with van der Waals surface area (Å²) >= 11 is 0. The van der Waals surface area contributed by atoms with Gasteiger partial charge in [-0.3, -0.25) is 9.78 Å². The van der Waals surface area contributed by atoms with Gasteiger partial charge in [-0.25, -0.2) is 0 Å². The maximum Gasteiger partial charge on any atom is 0.249 e. The number of aryl methyl sites for hydroxylation is 2. The molecule has 0 aromatic carbocycles. The van der Waals surface area contributed by atoms with E-state index in [0.717, 1.165) is 22.5 Å². The maximum absolute atomic E-state index is 11.1. The van der Waals surface area contributed by atoms with E-state index < -0.39 is 0 Å². The van der Waals surface area contributed by atoms with Gasteiger partial charge in [0.05, 0.1) is 0 Å². The fraction of sp³-hybridized carbons (Fsp3) is 0.400. The Bertz CT molecular complexity index is 343. The number of hydrogen-bond acceptors (Lipinski definition) is 2. The molecular formula is C10H14N2O. The summed E-state index contributed by atoms with van der Waals surface area (Å²) in [5.74, 6) is -0.372. The highest BCUT2D eigenvalue weighted by Crippen LogP contribution is 2.17. The van der Waals surface area contributed by atoms with E-state index in [1.807, 2.05) is 27.7 Å². The van der Waals surface area contributed by atoms with Crippen LogP contribution in [0.1, 0.15) is 32.9 Å². The first kappa shape index (κ1) is 9.71. The number of nitrogens with zero attached hydrogens (tertiary/aromatic N) is 1. The Morgan fingerprint density at radius 2 is 1.46 bits per heavy atom. The zero-order valence-corrected chi connectivity index (χ0v) is 8.43. The monoisotopic (exact) mass is 178 g/mol. The van der Waals surface area contributed by atoms with E-state index >= 15 is 0 Å². The smallest absolute Gasteiger partial charge is 0.249 e. The maximum atomic E-state index is 11.1. The topological polar surface area (TPSA) is 56.0 Å². The molecule has 0 fully saturated rings. The predicted octanol–water partition coefficient (Wildman–Crippen LogP) is 1.41. The number of nitrogens with two attached hydrogens (primary N) is 1. The first-order chi connectivity index (χ1) is 5.95. The lowest BCUT2D eigenvalue weighted by molar-refractivity contribution is 0.0999. The number of primary amides is 1. The summed E-state index contributed by atoms with van der Waals surface area (Å²) < 4.78 is 0. The molecule has 13 heavy (non-hydrogen) atoms. The second kappa shape index (κ2) is 3.17. The first-order valence-electron chi connectivity index (χ1n) is 4.19. The van der Waals surface area contributed by atoms with Crippen molar-refractivity contribution in [3.8, 4) is 0 Å². The predicted molar refractivity (Wildman–Crippen MR) is 51.7 cm³/mol. The van der Waals surface area contributed by atoms with Crippen molar-refractivity contribution in [1.82, 2.24) is 4.98 Å². The number of rotatable bonds is 1. The van der Waals surface area contributed by atoms with Gasteiger partial charge in [-0.15, -0.1) is 0 Å². The average Bonchev–Trinajstić information content (AvgIpc) is 2.01. The van der Waals surface area contributed by atoms with E-state index in [1.54, 1.807) is 0 Å². The van der Waals surface area contributed by atoms with Gasteiger partial charge >= 0.3 is 0 Å². The molecule has 1 rings (SSSR count). The van der Waals surface area contributed by atoms with Crippen LogP contribution in [-0.4, -0.2) is 10.9 Å². The van der Waals surface area contributed by atoms with Gasteiger partial charge in [0.2, 0.25) is 5.91 Å². The Morgan fingerprint density at radius 1 is 1.08 bits per heavy atom. The third kappa shape index (κ3) is 1.54. The highest BCUT2D eigenvalue weighted by atomic mass is 16.1. The standard InChI is InChI=1S/C10H14N2O/c1-5-7(3)12-8(4)6(2)9(5)10(11)13/h1-4H3,(H2,11,13). The van der Waals surface area contributed by atoms with Crippen molar-refractivity contribution >= 4 is 5.91 Å². The minimum atomic E-state index is -0.372. The zero-order chi connectivity index (χ0) is 10.2. The third-order valence-electron chi connectivity index (χ3n) is 2.42. The van der Waals surface area contributed by atoms with Crippen molar-refractivity contribution < 1.29 is 4.79 Å². The van der Waals surface area contributed by atoms with Crippen LogP contribution in [0, 0.1) is 27.7 Å². The molecule has 0 aliphatic rings. The van der Waals surface area contributed by atoms with E-state index in [-0.39, 0.29) is 5.91 Å². The number of carbonyl (C=O) groups excluding carboxylic acids is 1. The van der Waals surface area contributed by atoms with Gasteiger partial charge in [0.15, 0.2) is 0 Å². The van der Waals surface area contributed by atoms with Crippen molar-refractivity contribution in [3.63, 3.8) is 0 Å². The van der Waals surface area contributed by atoms with Crippen LogP contribution in [0.3, 0.4) is 0 Å². The van der Waals surface area contributed by atoms with Crippen LogP contribution in [0.4, 0.5) is 0 Å². The van der Waals surface area contributed by atoms with Gasteiger partial charge in [0.1, 0.15) is 0 Å². The second-order valence-electron chi connectivity index (χ2n) is 3.27. The molecule has 0 radical (unpaired) electrons. The van der Waals surface area contributed by atoms with Gasteiger partial charge in [-0.05, 0) is 38.8 Å². The summed E-state index contributed by atoms with van der Waals surface area (Å²) in [5, 5.41) is 0. The Balaban J connectivity index is 3.56. The Kier molecular flexibility index (Phi) is 2.36. The summed E-state index contributed by atoms with van der Waals surface area (Å²) in [5.41, 5.74) is 9.42. The number of amides is 1. The van der Waals surface area contributed by atoms with Crippen LogP contribution in [0.5, 0.6) is 0 Å². The lowest BCUT2D eigenvalue weighted by Gasteiger charge is -2.10. The molecule has 0 spiro atoms. The van der Waals surface area contributed by atoms with Crippen LogP contribution < -0.4 is 5.73 Å². The van der Waals surface area contributed by atoms with Crippen molar-refractivity contribution in [3.05, 3.63) is 28.1 Å². The Labute approximate surface area is 78.0 Å². The lowest BCUT2D eigenvalue weighted by atomic mass is 10.0. The zero-order valence-electron chi connectivity index (χ0n) is 8.43. The molecule has 1 aromatic heterocycles. The van der Waals surface area contributed by atoms with Crippen molar-refractivity contribution in [1.29, 1.82) is 0 Å². The molecule has 0 aliphatic carbocycles. The minimum Gasteiger partial charge on any atom is -0.366 e. The van der Waals surface area contributed by atoms with Gasteiger partial charge in [0, 0.05) is 17.0 Å². The summed E-state index contributed by atoms with van der Waals surface area (Å²) in [4.78, 5) is 15.4. The van der Waals surface area contributed by atoms with Crippen LogP contribution in [0.25, 0.3) is 0 Å². The number of pyridine rings is 1. The summed E-state index contributed by atoms with van der Waals surface area (Å²) in [6.07, 6.45) is 0. The molecule has 1 heterocycles. The SMILES string of the molecule is Cc1nc(C)c(C)c(C(N)=O)c1C. The molecule has 0 saturated carbocycles. The normalized spacial score (nSPS) is 10.2. The summed E-state index contributed by atoms with van der Waals surface area (Å²) in [6, 6.07) is 0. The molecule has 0 unspecified atom stereocenters. The molecule has 3 heteroatoms. The fourth-order valence-electron chi connectivity index (χ4n) is 1.43. The van der Waals surface area contributed by atoms with E-state index in [4.69, 9.17) is 5.73 Å². The fourth-order valence-corrected chi connectivity index (χ4v) is 1.43. The first-order valence-corrected chi connectivity index (χ1v) is 4.19. The van der Waals surface area contributed by atoms with Crippen molar-refractivity contribution in [2.75, 3.05) is 0 Å². The quantitative estimate of drug-likeness (QED) is 0.707. The van der Waals surface area contributed by atoms with E-state index in [9.17, 15) is 4.79 Å². The van der Waals surface area contributed by atoms with Gasteiger partial charge < -0.3 is 5.73 Å². The van der Waals surface area contributed by atoms with Gasteiger partial charge in [-0.1, -0.05) is 0 Å². The van der Waals surface area contributed by atoms with Gasteiger partial charge in [0.25, 0.3) is 0 Å². The largest absolute Gasteiger partial charge is 0.366 e. The third-order valence-corrected chi connectivity index (χ3v) is 2.42. The van der Waals surface area contributed by atoms with E-state index in [2.05, 4.69) is 4.98 Å². The van der Waals surface area contributed by atoms with Crippen LogP contribution in [0.15, 0.2) is 0 Å². The molecule has 0 atom stereocenters. The van der Waals surface area contributed by atoms with Crippen molar-refractivity contribution in [2.24, 2.45) is 5.73 Å². The lowest BCUT2D eigenvalue weighted by Crippen LogP contribution is -2.17. The number of hydrogen-bond donors (Lipinski definition) is 1. The molecular weight excluding hydrogens is 164 g/mol. The highest BCUT2D eigenvalue weighted by molar-refractivity contribution is 5.96. The molecule has 1 amide bonds. The summed E-state index contributed by atoms with van der Waals surface area (Å²) in [7, 11) is 0. The van der Waals surface area contributed by atoms with E-state index in [1.165, 1.54) is 0 Å². The summed E-state index contributed by atoms with van der Waals surface area (Å²) in [6.45, 7) is 7.51. The molecule has 1 aromatic rings. The van der Waals surface area contributed by atoms with Crippen LogP contribution >= 0.6 is 0 Å².